The number of carbonyl (C=O) groups is 2. The number of hydrogen-bond donors (Lipinski definition) is 1. The Bertz CT molecular complexity index is 409. The highest BCUT2D eigenvalue weighted by atomic mass is 35.5. The number of likely N-dealkylation sites (tertiary alicyclic amines) is 1. The van der Waals surface area contributed by atoms with Gasteiger partial charge in [0, 0.05) is 44.2 Å². The predicted octanol–water partition coefficient (Wildman–Crippen LogP) is 1.51. The molecular weight excluding hydrogens is 302 g/mol. The Labute approximate surface area is 140 Å². The molecule has 2 amide bonds. The summed E-state index contributed by atoms with van der Waals surface area (Å²) in [4.78, 5) is 29.0. The van der Waals surface area contributed by atoms with E-state index in [0.29, 0.717) is 6.54 Å². The van der Waals surface area contributed by atoms with Crippen molar-refractivity contribution >= 4 is 24.2 Å². The average Bonchev–Trinajstić information content (AvgIpc) is 2.45. The molecule has 0 aromatic rings. The van der Waals surface area contributed by atoms with E-state index in [1.54, 1.807) is 0 Å². The number of nitrogens with zero attached hydrogens (tertiary/aromatic N) is 2. The van der Waals surface area contributed by atoms with Crippen molar-refractivity contribution in [2.24, 2.45) is 11.3 Å². The van der Waals surface area contributed by atoms with Crippen molar-refractivity contribution in [1.29, 1.82) is 0 Å². The van der Waals surface area contributed by atoms with Crippen LogP contribution in [0.15, 0.2) is 0 Å². The number of piperidine rings is 1. The van der Waals surface area contributed by atoms with Gasteiger partial charge in [0.25, 0.3) is 0 Å². The summed E-state index contributed by atoms with van der Waals surface area (Å²) in [7, 11) is 0. The lowest BCUT2D eigenvalue weighted by Gasteiger charge is -2.40. The van der Waals surface area contributed by atoms with Gasteiger partial charge in [0.05, 0.1) is 5.92 Å². The van der Waals surface area contributed by atoms with E-state index in [2.05, 4.69) is 12.2 Å². The summed E-state index contributed by atoms with van der Waals surface area (Å²) < 4.78 is 0. The lowest BCUT2D eigenvalue weighted by atomic mass is 9.90. The maximum absolute atomic E-state index is 12.7. The Morgan fingerprint density at radius 2 is 1.86 bits per heavy atom. The maximum Gasteiger partial charge on any atom is 0.227 e. The van der Waals surface area contributed by atoms with E-state index in [0.717, 1.165) is 39.0 Å². The highest BCUT2D eigenvalue weighted by Gasteiger charge is 2.36. The van der Waals surface area contributed by atoms with E-state index in [1.165, 1.54) is 0 Å². The first kappa shape index (κ1) is 19.2. The molecular formula is C16H30ClN3O2. The monoisotopic (exact) mass is 331 g/mol. The van der Waals surface area contributed by atoms with Crippen molar-refractivity contribution in [3.63, 3.8) is 0 Å². The molecule has 128 valence electrons. The molecule has 0 aromatic carbocycles. The molecule has 22 heavy (non-hydrogen) atoms. The van der Waals surface area contributed by atoms with Crippen molar-refractivity contribution < 1.29 is 9.59 Å². The second kappa shape index (κ2) is 7.64. The number of rotatable bonds is 1. The zero-order valence-corrected chi connectivity index (χ0v) is 15.0. The lowest BCUT2D eigenvalue weighted by Crippen LogP contribution is -2.56. The van der Waals surface area contributed by atoms with Gasteiger partial charge in [-0.15, -0.1) is 12.4 Å². The molecule has 0 saturated carbocycles. The molecule has 2 aliphatic heterocycles. The number of amides is 2. The molecule has 2 heterocycles. The second-order valence-electron chi connectivity index (χ2n) is 7.43. The Hall–Kier alpha value is -0.810. The molecule has 0 aliphatic carbocycles. The molecule has 2 unspecified atom stereocenters. The van der Waals surface area contributed by atoms with Crippen LogP contribution in [0.5, 0.6) is 0 Å². The van der Waals surface area contributed by atoms with Gasteiger partial charge < -0.3 is 15.1 Å². The first-order chi connectivity index (χ1) is 9.80. The smallest absolute Gasteiger partial charge is 0.227 e. The van der Waals surface area contributed by atoms with Crippen LogP contribution in [0.4, 0.5) is 0 Å². The summed E-state index contributed by atoms with van der Waals surface area (Å²) in [5.74, 6) is 0.370. The van der Waals surface area contributed by atoms with Crippen LogP contribution in [-0.2, 0) is 9.59 Å². The van der Waals surface area contributed by atoms with Crippen LogP contribution >= 0.6 is 12.4 Å². The highest BCUT2D eigenvalue weighted by molar-refractivity contribution is 5.85. The fourth-order valence-electron chi connectivity index (χ4n) is 3.24. The summed E-state index contributed by atoms with van der Waals surface area (Å²) in [6, 6.07) is 0.250. The zero-order valence-electron chi connectivity index (χ0n) is 14.2. The lowest BCUT2D eigenvalue weighted by molar-refractivity contribution is -0.146. The summed E-state index contributed by atoms with van der Waals surface area (Å²) in [5, 5.41) is 3.31. The van der Waals surface area contributed by atoms with E-state index in [-0.39, 0.29) is 41.6 Å². The van der Waals surface area contributed by atoms with Gasteiger partial charge >= 0.3 is 0 Å². The first-order valence-electron chi connectivity index (χ1n) is 8.11. The summed E-state index contributed by atoms with van der Waals surface area (Å²) in [5.41, 5.74) is -0.368. The summed E-state index contributed by atoms with van der Waals surface area (Å²) >= 11 is 0. The molecule has 5 nitrogen and oxygen atoms in total. The summed E-state index contributed by atoms with van der Waals surface area (Å²) in [6.07, 6.45) is 1.84. The predicted molar refractivity (Wildman–Crippen MR) is 90.1 cm³/mol. The van der Waals surface area contributed by atoms with Crippen LogP contribution in [0.25, 0.3) is 0 Å². The van der Waals surface area contributed by atoms with Gasteiger partial charge in [0.2, 0.25) is 11.8 Å². The van der Waals surface area contributed by atoms with E-state index in [1.807, 2.05) is 30.6 Å². The maximum atomic E-state index is 12.7. The Kier molecular flexibility index (Phi) is 6.68. The van der Waals surface area contributed by atoms with Crippen molar-refractivity contribution in [2.75, 3.05) is 32.7 Å². The third kappa shape index (κ3) is 4.35. The van der Waals surface area contributed by atoms with Crippen molar-refractivity contribution in [1.82, 2.24) is 15.1 Å². The number of nitrogens with one attached hydrogen (secondary N) is 1. The van der Waals surface area contributed by atoms with E-state index in [9.17, 15) is 9.59 Å². The van der Waals surface area contributed by atoms with Crippen LogP contribution in [0.2, 0.25) is 0 Å². The molecule has 2 atom stereocenters. The molecule has 2 fully saturated rings. The van der Waals surface area contributed by atoms with E-state index < -0.39 is 0 Å². The minimum Gasteiger partial charge on any atom is -0.341 e. The Morgan fingerprint density at radius 1 is 1.18 bits per heavy atom. The van der Waals surface area contributed by atoms with Crippen LogP contribution in [-0.4, -0.2) is 60.4 Å². The molecule has 0 radical (unpaired) electrons. The normalized spacial score (nSPS) is 26.4. The first-order valence-corrected chi connectivity index (χ1v) is 8.11. The topological polar surface area (TPSA) is 52.7 Å². The van der Waals surface area contributed by atoms with Gasteiger partial charge in [-0.1, -0.05) is 20.8 Å². The van der Waals surface area contributed by atoms with Gasteiger partial charge in [-0.25, -0.2) is 0 Å². The molecule has 2 rings (SSSR count). The Balaban J connectivity index is 0.00000242. The molecule has 0 aromatic heterocycles. The van der Waals surface area contributed by atoms with Crippen molar-refractivity contribution in [3.05, 3.63) is 0 Å². The molecule has 0 spiro atoms. The largest absolute Gasteiger partial charge is 0.341 e. The van der Waals surface area contributed by atoms with E-state index in [4.69, 9.17) is 0 Å². The van der Waals surface area contributed by atoms with Crippen LogP contribution in [0, 0.1) is 11.3 Å². The number of carbonyl (C=O) groups excluding carboxylic acids is 2. The molecule has 0 bridgehead atoms. The Morgan fingerprint density at radius 3 is 2.45 bits per heavy atom. The van der Waals surface area contributed by atoms with Gasteiger partial charge in [-0.2, -0.15) is 0 Å². The van der Waals surface area contributed by atoms with Crippen molar-refractivity contribution in [3.8, 4) is 0 Å². The quantitative estimate of drug-likeness (QED) is 0.792. The van der Waals surface area contributed by atoms with Crippen molar-refractivity contribution in [2.45, 2.75) is 46.6 Å². The zero-order chi connectivity index (χ0) is 15.6. The molecule has 1 N–H and O–H groups in total. The third-order valence-electron chi connectivity index (χ3n) is 4.48. The highest BCUT2D eigenvalue weighted by Crippen LogP contribution is 2.25. The van der Waals surface area contributed by atoms with E-state index >= 15 is 0 Å². The fourth-order valence-corrected chi connectivity index (χ4v) is 3.24. The van der Waals surface area contributed by atoms with Gasteiger partial charge in [-0.05, 0) is 19.8 Å². The standard InChI is InChI=1S/C16H29N3O2.ClH/c1-12-10-17-7-9-19(12)14(20)13-6-5-8-18(11-13)15(21)16(2,3)4;/h12-13,17H,5-11H2,1-4H3;1H. The molecule has 6 heteroatoms. The van der Waals surface area contributed by atoms with Crippen LogP contribution in [0.1, 0.15) is 40.5 Å². The minimum atomic E-state index is -0.368. The minimum absolute atomic E-state index is 0. The van der Waals surface area contributed by atoms with Crippen LogP contribution in [0.3, 0.4) is 0 Å². The van der Waals surface area contributed by atoms with Crippen LogP contribution < -0.4 is 5.32 Å². The second-order valence-corrected chi connectivity index (χ2v) is 7.43. The third-order valence-corrected chi connectivity index (χ3v) is 4.48. The SMILES string of the molecule is CC1CNCCN1C(=O)C1CCCN(C(=O)C(C)(C)C)C1.Cl. The van der Waals surface area contributed by atoms with Gasteiger partial charge in [-0.3, -0.25) is 9.59 Å². The van der Waals surface area contributed by atoms with Gasteiger partial charge in [0.15, 0.2) is 0 Å². The number of piperazine rings is 1. The molecule has 2 saturated heterocycles. The molecule has 2 aliphatic rings. The average molecular weight is 332 g/mol. The van der Waals surface area contributed by atoms with Gasteiger partial charge in [0.1, 0.15) is 0 Å². The summed E-state index contributed by atoms with van der Waals surface area (Å²) in [6.45, 7) is 11.8. The number of halogens is 1. The number of hydrogen-bond acceptors (Lipinski definition) is 3. The fraction of sp³-hybridized carbons (Fsp3) is 0.875.